The van der Waals surface area contributed by atoms with Gasteiger partial charge in [-0.25, -0.2) is 9.97 Å². The molecule has 0 radical (unpaired) electrons. The number of carbonyl (C=O) groups excluding carboxylic acids is 1. The topological polar surface area (TPSA) is 93.5 Å². The second-order valence-corrected chi connectivity index (χ2v) is 8.93. The number of amides is 1. The zero-order chi connectivity index (χ0) is 26.9. The smallest absolute Gasteiger partial charge is 0.416 e. The van der Waals surface area contributed by atoms with Crippen molar-refractivity contribution in [1.82, 2.24) is 19.4 Å². The summed E-state index contributed by atoms with van der Waals surface area (Å²) in [5.74, 6) is 1.53. The monoisotopic (exact) mass is 526 g/mol. The fraction of sp³-hybridized carbons (Fsp3) is 0.269. The van der Waals surface area contributed by atoms with Crippen molar-refractivity contribution in [3.05, 3.63) is 66.4 Å². The first-order chi connectivity index (χ1) is 18.2. The molecule has 0 unspecified atom stereocenters. The van der Waals surface area contributed by atoms with Crippen LogP contribution >= 0.6 is 0 Å². The summed E-state index contributed by atoms with van der Waals surface area (Å²) in [6.45, 7) is 1.68. The first kappa shape index (κ1) is 25.5. The highest BCUT2D eigenvalue weighted by Crippen LogP contribution is 2.32. The Morgan fingerprint density at radius 3 is 2.66 bits per heavy atom. The lowest BCUT2D eigenvalue weighted by molar-refractivity contribution is -0.137. The zero-order valence-electron chi connectivity index (χ0n) is 20.6. The van der Waals surface area contributed by atoms with Crippen LogP contribution in [0.3, 0.4) is 0 Å². The van der Waals surface area contributed by atoms with E-state index in [2.05, 4.69) is 20.6 Å². The van der Waals surface area contributed by atoms with Crippen molar-refractivity contribution in [1.29, 1.82) is 0 Å². The number of rotatable bonds is 8. The molecule has 12 heteroatoms. The number of pyridine rings is 1. The highest BCUT2D eigenvalue weighted by atomic mass is 19.4. The van der Waals surface area contributed by atoms with Gasteiger partial charge in [0.15, 0.2) is 0 Å². The number of nitrogens with zero attached hydrogens (tertiary/aromatic N) is 4. The summed E-state index contributed by atoms with van der Waals surface area (Å²) in [6.07, 6.45) is -2.73. The molecule has 0 aliphatic carbocycles. The van der Waals surface area contributed by atoms with E-state index in [-0.39, 0.29) is 24.2 Å². The van der Waals surface area contributed by atoms with Crippen molar-refractivity contribution in [3.63, 3.8) is 0 Å². The van der Waals surface area contributed by atoms with Gasteiger partial charge < -0.3 is 24.7 Å². The molecule has 2 N–H and O–H groups in total. The second kappa shape index (κ2) is 10.3. The molecule has 38 heavy (non-hydrogen) atoms. The van der Waals surface area contributed by atoms with E-state index < -0.39 is 11.7 Å². The number of carbonyl (C=O) groups is 1. The third-order valence-corrected chi connectivity index (χ3v) is 6.16. The molecule has 1 amide bonds. The number of alkyl halides is 3. The number of likely N-dealkylation sites (tertiary alicyclic amines) is 1. The van der Waals surface area contributed by atoms with Gasteiger partial charge in [0.2, 0.25) is 11.9 Å². The SMILES string of the molecule is COC1CN(CC(=O)Nc2cc(Oc3ccc4c(c3)nc(Nc3cccc(C(F)(F)F)c3)n4C)ccn2)C1. The number of halogens is 3. The van der Waals surface area contributed by atoms with Crippen molar-refractivity contribution in [2.45, 2.75) is 12.3 Å². The molecule has 0 spiro atoms. The minimum Gasteiger partial charge on any atom is -0.457 e. The van der Waals surface area contributed by atoms with Crippen LogP contribution in [0.15, 0.2) is 60.8 Å². The van der Waals surface area contributed by atoms with E-state index in [1.165, 1.54) is 12.3 Å². The van der Waals surface area contributed by atoms with Crippen LogP contribution in [0.4, 0.5) is 30.6 Å². The van der Waals surface area contributed by atoms with E-state index in [9.17, 15) is 18.0 Å². The van der Waals surface area contributed by atoms with Crippen molar-refractivity contribution in [2.24, 2.45) is 7.05 Å². The molecule has 2 aromatic heterocycles. The Morgan fingerprint density at radius 1 is 1.11 bits per heavy atom. The molecule has 0 saturated carbocycles. The summed E-state index contributed by atoms with van der Waals surface area (Å²) >= 11 is 0. The second-order valence-electron chi connectivity index (χ2n) is 8.93. The molecule has 3 heterocycles. The lowest BCUT2D eigenvalue weighted by atomic mass is 10.2. The van der Waals surface area contributed by atoms with Crippen LogP contribution in [0.1, 0.15) is 5.56 Å². The number of anilines is 3. The van der Waals surface area contributed by atoms with Gasteiger partial charge in [0.1, 0.15) is 17.3 Å². The number of nitrogens with one attached hydrogen (secondary N) is 2. The Balaban J connectivity index is 1.26. The van der Waals surface area contributed by atoms with Crippen LogP contribution in [-0.4, -0.2) is 58.2 Å². The molecule has 0 bridgehead atoms. The molecule has 0 atom stereocenters. The van der Waals surface area contributed by atoms with Crippen LogP contribution in [0.2, 0.25) is 0 Å². The Kier molecular flexibility index (Phi) is 6.91. The largest absolute Gasteiger partial charge is 0.457 e. The molecule has 1 fully saturated rings. The van der Waals surface area contributed by atoms with Crippen molar-refractivity contribution >= 4 is 34.4 Å². The third-order valence-electron chi connectivity index (χ3n) is 6.16. The number of fused-ring (bicyclic) bond motifs is 1. The molecule has 1 saturated heterocycles. The van der Waals surface area contributed by atoms with E-state index in [0.29, 0.717) is 41.9 Å². The van der Waals surface area contributed by atoms with Crippen molar-refractivity contribution in [3.8, 4) is 11.5 Å². The maximum atomic E-state index is 13.1. The first-order valence-electron chi connectivity index (χ1n) is 11.8. The molecule has 1 aliphatic rings. The minimum absolute atomic E-state index is 0.168. The molecule has 2 aromatic carbocycles. The predicted molar refractivity (Wildman–Crippen MR) is 136 cm³/mol. The number of hydrogen-bond acceptors (Lipinski definition) is 7. The van der Waals surface area contributed by atoms with E-state index in [1.54, 1.807) is 55.1 Å². The standard InChI is InChI=1S/C26H25F3N6O3/c1-34-22-7-6-18(11-21(22)32-25(34)31-17-5-3-4-16(10-17)26(27,28)29)38-19-8-9-30-23(12-19)33-24(36)15-35-13-20(14-35)37-2/h3-12,20H,13-15H2,1-2H3,(H,31,32)(H,30,33,36). The minimum atomic E-state index is -4.44. The third kappa shape index (κ3) is 5.71. The fourth-order valence-electron chi connectivity index (χ4n) is 4.12. The number of aromatic nitrogens is 3. The molecule has 4 aromatic rings. The molecular formula is C26H25F3N6O3. The van der Waals surface area contributed by atoms with Gasteiger partial charge in [-0.15, -0.1) is 0 Å². The number of methoxy groups -OCH3 is 1. The van der Waals surface area contributed by atoms with Gasteiger partial charge in [-0.3, -0.25) is 9.69 Å². The van der Waals surface area contributed by atoms with E-state index >= 15 is 0 Å². The number of hydrogen-bond donors (Lipinski definition) is 2. The number of imidazole rings is 1. The Bertz CT molecular complexity index is 1470. The van der Waals surface area contributed by atoms with Gasteiger partial charge in [0, 0.05) is 51.3 Å². The van der Waals surface area contributed by atoms with Gasteiger partial charge in [0.25, 0.3) is 0 Å². The summed E-state index contributed by atoms with van der Waals surface area (Å²) in [5, 5.41) is 5.72. The van der Waals surface area contributed by atoms with Crippen LogP contribution in [0, 0.1) is 0 Å². The maximum Gasteiger partial charge on any atom is 0.416 e. The highest BCUT2D eigenvalue weighted by molar-refractivity contribution is 5.91. The van der Waals surface area contributed by atoms with E-state index in [0.717, 1.165) is 17.6 Å². The average Bonchev–Trinajstić information content (AvgIpc) is 3.15. The fourth-order valence-corrected chi connectivity index (χ4v) is 4.12. The van der Waals surface area contributed by atoms with Gasteiger partial charge in [-0.1, -0.05) is 6.07 Å². The van der Waals surface area contributed by atoms with Crippen molar-refractivity contribution in [2.75, 3.05) is 37.4 Å². The van der Waals surface area contributed by atoms with Crippen LogP contribution < -0.4 is 15.4 Å². The summed E-state index contributed by atoms with van der Waals surface area (Å²) in [5.41, 5.74) is 0.876. The molecule has 198 valence electrons. The lowest BCUT2D eigenvalue weighted by Gasteiger charge is -2.37. The van der Waals surface area contributed by atoms with Crippen LogP contribution in [0.5, 0.6) is 11.5 Å². The highest BCUT2D eigenvalue weighted by Gasteiger charge is 2.30. The van der Waals surface area contributed by atoms with E-state index in [1.807, 2.05) is 4.90 Å². The van der Waals surface area contributed by atoms with Crippen LogP contribution in [-0.2, 0) is 22.8 Å². The number of benzene rings is 2. The number of ether oxygens (including phenoxy) is 2. The lowest BCUT2D eigenvalue weighted by Crippen LogP contribution is -2.54. The molecule has 9 nitrogen and oxygen atoms in total. The van der Waals surface area contributed by atoms with Gasteiger partial charge in [0.05, 0.1) is 29.2 Å². The Morgan fingerprint density at radius 2 is 1.89 bits per heavy atom. The van der Waals surface area contributed by atoms with Gasteiger partial charge in [-0.2, -0.15) is 13.2 Å². The summed E-state index contributed by atoms with van der Waals surface area (Å²) < 4.78 is 52.1. The Hall–Kier alpha value is -4.16. The normalized spacial score (nSPS) is 14.3. The molecular weight excluding hydrogens is 501 g/mol. The average molecular weight is 527 g/mol. The molecule has 5 rings (SSSR count). The predicted octanol–water partition coefficient (Wildman–Crippen LogP) is 4.79. The maximum absolute atomic E-state index is 13.1. The summed E-state index contributed by atoms with van der Waals surface area (Å²) in [6, 6.07) is 13.5. The zero-order valence-corrected chi connectivity index (χ0v) is 20.6. The van der Waals surface area contributed by atoms with Crippen molar-refractivity contribution < 1.29 is 27.4 Å². The molecule has 1 aliphatic heterocycles. The summed E-state index contributed by atoms with van der Waals surface area (Å²) in [7, 11) is 3.42. The number of aryl methyl sites for hydroxylation is 1. The van der Waals surface area contributed by atoms with Crippen LogP contribution in [0.25, 0.3) is 11.0 Å². The summed E-state index contributed by atoms with van der Waals surface area (Å²) in [4.78, 5) is 23.0. The quantitative estimate of drug-likeness (QED) is 0.341. The van der Waals surface area contributed by atoms with E-state index in [4.69, 9.17) is 9.47 Å². The van der Waals surface area contributed by atoms with Gasteiger partial charge >= 0.3 is 6.18 Å². The first-order valence-corrected chi connectivity index (χ1v) is 11.8. The van der Waals surface area contributed by atoms with Gasteiger partial charge in [-0.05, 0) is 36.4 Å². The Labute approximate surface area is 216 Å².